The third-order valence-corrected chi connectivity index (χ3v) is 6.48. The van der Waals surface area contributed by atoms with E-state index < -0.39 is 6.04 Å². The van der Waals surface area contributed by atoms with Crippen LogP contribution in [0.25, 0.3) is 0 Å². The predicted octanol–water partition coefficient (Wildman–Crippen LogP) is 6.20. The van der Waals surface area contributed by atoms with Gasteiger partial charge in [0.2, 0.25) is 11.8 Å². The van der Waals surface area contributed by atoms with Gasteiger partial charge in [0.25, 0.3) is 0 Å². The zero-order valence-electron chi connectivity index (χ0n) is 18.1. The van der Waals surface area contributed by atoms with Gasteiger partial charge in [0.05, 0.1) is 0 Å². The minimum Gasteiger partial charge on any atom is -0.354 e. The van der Waals surface area contributed by atoms with Crippen molar-refractivity contribution in [2.45, 2.75) is 57.0 Å². The summed E-state index contributed by atoms with van der Waals surface area (Å²) in [5.41, 5.74) is 0.946. The molecule has 0 radical (unpaired) electrons. The number of hydrogen-bond acceptors (Lipinski definition) is 3. The second-order valence-electron chi connectivity index (χ2n) is 7.37. The van der Waals surface area contributed by atoms with Crippen LogP contribution in [0, 0.1) is 0 Å². The van der Waals surface area contributed by atoms with Crippen molar-refractivity contribution in [3.63, 3.8) is 0 Å². The Bertz CT molecular complexity index is 828. The first-order valence-corrected chi connectivity index (χ1v) is 12.3. The summed E-state index contributed by atoms with van der Waals surface area (Å²) in [6.07, 6.45) is 3.05. The molecule has 1 N–H and O–H groups in total. The molecule has 0 saturated heterocycles. The van der Waals surface area contributed by atoms with Crippen molar-refractivity contribution in [1.82, 2.24) is 10.2 Å². The minimum atomic E-state index is -0.538. The van der Waals surface area contributed by atoms with Gasteiger partial charge in [-0.1, -0.05) is 48.7 Å². The molecule has 0 saturated carbocycles. The molecule has 1 atom stereocenters. The van der Waals surface area contributed by atoms with E-state index in [2.05, 4.69) is 12.2 Å². The fourth-order valence-corrected chi connectivity index (χ4v) is 4.10. The third kappa shape index (κ3) is 9.14. The number of unbranched alkanes of at least 4 members (excludes halogenated alkanes) is 1. The number of rotatable bonds is 12. The van der Waals surface area contributed by atoms with Crippen LogP contribution in [0.1, 0.15) is 45.1 Å². The Morgan fingerprint density at radius 2 is 1.61 bits per heavy atom. The summed E-state index contributed by atoms with van der Waals surface area (Å²) in [4.78, 5) is 28.4. The van der Waals surface area contributed by atoms with E-state index in [9.17, 15) is 9.59 Å². The van der Waals surface area contributed by atoms with Gasteiger partial charge in [0.1, 0.15) is 6.04 Å². The first-order valence-electron chi connectivity index (χ1n) is 10.6. The summed E-state index contributed by atoms with van der Waals surface area (Å²) >= 11 is 13.6. The zero-order valence-corrected chi connectivity index (χ0v) is 20.4. The van der Waals surface area contributed by atoms with Crippen LogP contribution in [0.4, 0.5) is 0 Å². The molecule has 0 heterocycles. The Balaban J connectivity index is 1.96. The molecule has 7 heteroatoms. The monoisotopic (exact) mass is 480 g/mol. The summed E-state index contributed by atoms with van der Waals surface area (Å²) in [6.45, 7) is 4.87. The highest BCUT2D eigenvalue weighted by molar-refractivity contribution is 7.99. The van der Waals surface area contributed by atoms with Gasteiger partial charge in [-0.3, -0.25) is 9.59 Å². The van der Waals surface area contributed by atoms with E-state index in [-0.39, 0.29) is 11.8 Å². The van der Waals surface area contributed by atoms with Crippen molar-refractivity contribution in [3.05, 3.63) is 64.1 Å². The lowest BCUT2D eigenvalue weighted by Gasteiger charge is -2.29. The molecule has 2 amide bonds. The Labute approximate surface area is 199 Å². The van der Waals surface area contributed by atoms with E-state index in [4.69, 9.17) is 23.2 Å². The van der Waals surface area contributed by atoms with Crippen LogP contribution in [-0.4, -0.2) is 35.1 Å². The average Bonchev–Trinajstić information content (AvgIpc) is 2.77. The number of amides is 2. The van der Waals surface area contributed by atoms with Gasteiger partial charge in [-0.2, -0.15) is 0 Å². The summed E-state index contributed by atoms with van der Waals surface area (Å²) in [7, 11) is 0. The van der Waals surface area contributed by atoms with Crippen LogP contribution in [0.5, 0.6) is 0 Å². The first kappa shape index (κ1) is 25.6. The topological polar surface area (TPSA) is 49.4 Å². The smallest absolute Gasteiger partial charge is 0.242 e. The van der Waals surface area contributed by atoms with Crippen LogP contribution < -0.4 is 5.32 Å². The van der Waals surface area contributed by atoms with Gasteiger partial charge in [0, 0.05) is 34.5 Å². The average molecular weight is 481 g/mol. The SMILES string of the molecule is CCCCNC(=O)C(C)N(Cc1ccc(Cl)cc1)C(=O)CCCSc1ccc(Cl)cc1. The highest BCUT2D eigenvalue weighted by atomic mass is 35.5. The van der Waals surface area contributed by atoms with E-state index in [0.717, 1.165) is 35.5 Å². The number of carbonyl (C=O) groups is 2. The van der Waals surface area contributed by atoms with Gasteiger partial charge in [-0.15, -0.1) is 11.8 Å². The molecule has 2 aromatic rings. The van der Waals surface area contributed by atoms with Crippen molar-refractivity contribution in [2.75, 3.05) is 12.3 Å². The molecule has 0 aromatic heterocycles. The third-order valence-electron chi connectivity index (χ3n) is 4.88. The summed E-state index contributed by atoms with van der Waals surface area (Å²) in [5, 5.41) is 4.29. The highest BCUT2D eigenvalue weighted by Crippen LogP contribution is 2.22. The second-order valence-corrected chi connectivity index (χ2v) is 9.42. The fraction of sp³-hybridized carbons (Fsp3) is 0.417. The number of carbonyl (C=O) groups excluding carboxylic acids is 2. The number of thioether (sulfide) groups is 1. The molecule has 0 spiro atoms. The first-order chi connectivity index (χ1) is 14.9. The molecule has 0 aliphatic carbocycles. The molecule has 168 valence electrons. The molecule has 4 nitrogen and oxygen atoms in total. The molecule has 2 rings (SSSR count). The lowest BCUT2D eigenvalue weighted by atomic mass is 10.1. The summed E-state index contributed by atoms with van der Waals surface area (Å²) in [5.74, 6) is 0.676. The number of halogens is 2. The number of nitrogens with zero attached hydrogens (tertiary/aromatic N) is 1. The fourth-order valence-electron chi connectivity index (χ4n) is 2.99. The lowest BCUT2D eigenvalue weighted by molar-refractivity contribution is -0.140. The van der Waals surface area contributed by atoms with Crippen molar-refractivity contribution >= 4 is 46.8 Å². The van der Waals surface area contributed by atoms with E-state index in [0.29, 0.717) is 29.6 Å². The maximum absolute atomic E-state index is 13.0. The van der Waals surface area contributed by atoms with Crippen molar-refractivity contribution in [2.24, 2.45) is 0 Å². The van der Waals surface area contributed by atoms with E-state index in [1.807, 2.05) is 36.4 Å². The van der Waals surface area contributed by atoms with Gasteiger partial charge in [0.15, 0.2) is 0 Å². The molecule has 0 bridgehead atoms. The molecule has 2 aromatic carbocycles. The molecular weight excluding hydrogens is 451 g/mol. The standard InChI is InChI=1S/C24H30Cl2N2O2S/c1-3-4-15-27-24(30)18(2)28(17-19-7-9-20(25)10-8-19)23(29)6-5-16-31-22-13-11-21(26)12-14-22/h7-14,18H,3-6,15-17H2,1-2H3,(H,27,30). The molecule has 0 aliphatic rings. The van der Waals surface area contributed by atoms with Crippen molar-refractivity contribution in [3.8, 4) is 0 Å². The van der Waals surface area contributed by atoms with Crippen LogP contribution in [0.15, 0.2) is 53.4 Å². The number of nitrogens with one attached hydrogen (secondary N) is 1. The quantitative estimate of drug-likeness (QED) is 0.290. The molecular formula is C24H30Cl2N2O2S. The van der Waals surface area contributed by atoms with E-state index >= 15 is 0 Å². The zero-order chi connectivity index (χ0) is 22.6. The Morgan fingerprint density at radius 1 is 1.00 bits per heavy atom. The van der Waals surface area contributed by atoms with Crippen LogP contribution in [0.3, 0.4) is 0 Å². The maximum Gasteiger partial charge on any atom is 0.242 e. The maximum atomic E-state index is 13.0. The second kappa shape index (κ2) is 13.7. The Morgan fingerprint density at radius 3 is 2.23 bits per heavy atom. The largest absolute Gasteiger partial charge is 0.354 e. The van der Waals surface area contributed by atoms with Crippen molar-refractivity contribution in [1.29, 1.82) is 0 Å². The number of hydrogen-bond donors (Lipinski definition) is 1. The predicted molar refractivity (Wildman–Crippen MR) is 131 cm³/mol. The van der Waals surface area contributed by atoms with E-state index in [1.54, 1.807) is 35.7 Å². The Kier molecular flexibility index (Phi) is 11.3. The Hall–Kier alpha value is -1.69. The molecule has 0 aliphatic heterocycles. The van der Waals surface area contributed by atoms with Gasteiger partial charge < -0.3 is 10.2 Å². The number of benzene rings is 2. The van der Waals surface area contributed by atoms with Gasteiger partial charge in [-0.05, 0) is 67.5 Å². The van der Waals surface area contributed by atoms with Crippen LogP contribution >= 0.6 is 35.0 Å². The molecule has 0 fully saturated rings. The normalized spacial score (nSPS) is 11.7. The van der Waals surface area contributed by atoms with Gasteiger partial charge in [-0.25, -0.2) is 0 Å². The van der Waals surface area contributed by atoms with Crippen molar-refractivity contribution < 1.29 is 9.59 Å². The van der Waals surface area contributed by atoms with Gasteiger partial charge >= 0.3 is 0 Å². The molecule has 1 unspecified atom stereocenters. The molecule has 31 heavy (non-hydrogen) atoms. The minimum absolute atomic E-state index is 0.0233. The summed E-state index contributed by atoms with van der Waals surface area (Å²) < 4.78 is 0. The lowest BCUT2D eigenvalue weighted by Crippen LogP contribution is -2.47. The highest BCUT2D eigenvalue weighted by Gasteiger charge is 2.25. The van der Waals surface area contributed by atoms with Crippen LogP contribution in [0.2, 0.25) is 10.0 Å². The van der Waals surface area contributed by atoms with Crippen LogP contribution in [-0.2, 0) is 16.1 Å². The van der Waals surface area contributed by atoms with E-state index in [1.165, 1.54) is 0 Å². The summed E-state index contributed by atoms with van der Waals surface area (Å²) in [6, 6.07) is 14.5.